The number of carbonyl (C=O) groups excluding carboxylic acids is 1. The molecule has 1 aromatic carbocycles. The van der Waals surface area contributed by atoms with Gasteiger partial charge in [0.15, 0.2) is 0 Å². The van der Waals surface area contributed by atoms with Crippen LogP contribution < -0.4 is 0 Å². The molecule has 0 amide bonds. The van der Waals surface area contributed by atoms with Crippen LogP contribution in [-0.4, -0.2) is 28.2 Å². The average Bonchev–Trinajstić information content (AvgIpc) is 2.27. The highest BCUT2D eigenvalue weighted by atomic mass is 35.5. The van der Waals surface area contributed by atoms with Gasteiger partial charge in [0.25, 0.3) is 0 Å². The van der Waals surface area contributed by atoms with Crippen LogP contribution in [0.15, 0.2) is 24.3 Å². The third kappa shape index (κ3) is 3.56. The Balaban J connectivity index is 2.75. The molecule has 0 spiro atoms. The molecular formula is C10H11Cl2NO3. The number of phenolic OH excluding ortho intramolecular Hbond substituents is 1. The van der Waals surface area contributed by atoms with E-state index in [-0.39, 0.29) is 5.75 Å². The minimum Gasteiger partial charge on any atom is -0.508 e. The van der Waals surface area contributed by atoms with Crippen LogP contribution in [0.1, 0.15) is 5.56 Å². The molecule has 0 saturated carbocycles. The Morgan fingerprint density at radius 3 is 2.44 bits per heavy atom. The van der Waals surface area contributed by atoms with E-state index in [0.29, 0.717) is 6.42 Å². The molecule has 0 radical (unpaired) electrons. The lowest BCUT2D eigenvalue weighted by Crippen LogP contribution is -2.32. The second-order valence-electron chi connectivity index (χ2n) is 3.17. The van der Waals surface area contributed by atoms with Gasteiger partial charge in [-0.2, -0.15) is 0 Å². The van der Waals surface area contributed by atoms with Gasteiger partial charge in [-0.25, -0.2) is 0 Å². The highest BCUT2D eigenvalue weighted by molar-refractivity contribution is 6.34. The number of halogens is 2. The SMILES string of the molecule is COC(=O)[C@H](Cc1ccc(O)cc1)N(Cl)Cl. The van der Waals surface area contributed by atoms with E-state index in [2.05, 4.69) is 4.74 Å². The van der Waals surface area contributed by atoms with Gasteiger partial charge >= 0.3 is 5.97 Å². The molecular weight excluding hydrogens is 253 g/mol. The van der Waals surface area contributed by atoms with Gasteiger partial charge in [0.2, 0.25) is 0 Å². The van der Waals surface area contributed by atoms with E-state index in [4.69, 9.17) is 28.7 Å². The van der Waals surface area contributed by atoms with Gasteiger partial charge in [0.05, 0.1) is 7.11 Å². The third-order valence-corrected chi connectivity index (χ3v) is 2.55. The topological polar surface area (TPSA) is 49.8 Å². The molecule has 1 N–H and O–H groups in total. The first-order chi connectivity index (χ1) is 7.54. The maximum absolute atomic E-state index is 11.3. The molecule has 0 saturated heterocycles. The number of nitrogens with zero attached hydrogens (tertiary/aromatic N) is 1. The normalized spacial score (nSPS) is 12.5. The van der Waals surface area contributed by atoms with Crippen LogP contribution in [-0.2, 0) is 16.0 Å². The summed E-state index contributed by atoms with van der Waals surface area (Å²) in [6, 6.07) is 5.65. The molecule has 6 heteroatoms. The zero-order valence-electron chi connectivity index (χ0n) is 8.56. The van der Waals surface area contributed by atoms with E-state index in [1.165, 1.54) is 19.2 Å². The van der Waals surface area contributed by atoms with E-state index in [1.54, 1.807) is 12.1 Å². The summed E-state index contributed by atoms with van der Waals surface area (Å²) in [5, 5.41) is 9.10. The summed E-state index contributed by atoms with van der Waals surface area (Å²) in [6.07, 6.45) is 0.306. The van der Waals surface area contributed by atoms with Gasteiger partial charge in [-0.05, 0) is 41.2 Å². The molecule has 0 aliphatic heterocycles. The zero-order valence-corrected chi connectivity index (χ0v) is 10.1. The maximum Gasteiger partial charge on any atom is 0.326 e. The first-order valence-corrected chi connectivity index (χ1v) is 5.18. The van der Waals surface area contributed by atoms with Gasteiger partial charge in [-0.3, -0.25) is 4.79 Å². The molecule has 88 valence electrons. The fraction of sp³-hybridized carbons (Fsp3) is 0.300. The van der Waals surface area contributed by atoms with Crippen molar-refractivity contribution in [2.24, 2.45) is 0 Å². The fourth-order valence-electron chi connectivity index (χ4n) is 1.22. The summed E-state index contributed by atoms with van der Waals surface area (Å²) in [6.45, 7) is 0. The molecule has 0 bridgehead atoms. The predicted octanol–water partition coefficient (Wildman–Crippen LogP) is 2.09. The highest BCUT2D eigenvalue weighted by Gasteiger charge is 2.25. The first-order valence-electron chi connectivity index (χ1n) is 4.51. The summed E-state index contributed by atoms with van der Waals surface area (Å²) >= 11 is 11.1. The summed E-state index contributed by atoms with van der Waals surface area (Å²) in [7, 11) is 1.27. The van der Waals surface area contributed by atoms with E-state index in [9.17, 15) is 4.79 Å². The molecule has 1 atom stereocenters. The number of methoxy groups -OCH3 is 1. The number of carbonyl (C=O) groups is 1. The lowest BCUT2D eigenvalue weighted by Gasteiger charge is -2.16. The third-order valence-electron chi connectivity index (χ3n) is 2.07. The number of rotatable bonds is 4. The summed E-state index contributed by atoms with van der Waals surface area (Å²) in [4.78, 5) is 11.3. The Morgan fingerprint density at radius 2 is 2.00 bits per heavy atom. The molecule has 0 aliphatic rings. The van der Waals surface area contributed by atoms with Crippen LogP contribution in [0.4, 0.5) is 0 Å². The van der Waals surface area contributed by atoms with Crippen molar-refractivity contribution in [3.63, 3.8) is 0 Å². The second kappa shape index (κ2) is 5.94. The smallest absolute Gasteiger partial charge is 0.326 e. The monoisotopic (exact) mass is 263 g/mol. The van der Waals surface area contributed by atoms with E-state index < -0.39 is 12.0 Å². The lowest BCUT2D eigenvalue weighted by molar-refractivity contribution is -0.143. The average molecular weight is 264 g/mol. The Hall–Kier alpha value is -0.970. The van der Waals surface area contributed by atoms with Crippen molar-refractivity contribution in [2.45, 2.75) is 12.5 Å². The number of benzene rings is 1. The second-order valence-corrected chi connectivity index (χ2v) is 4.07. The molecule has 0 aromatic heterocycles. The van der Waals surface area contributed by atoms with Gasteiger partial charge in [-0.1, -0.05) is 12.1 Å². The Morgan fingerprint density at radius 1 is 1.44 bits per heavy atom. The van der Waals surface area contributed by atoms with Crippen LogP contribution in [0.2, 0.25) is 0 Å². The molecule has 0 unspecified atom stereocenters. The van der Waals surface area contributed by atoms with Crippen molar-refractivity contribution >= 4 is 29.5 Å². The number of aromatic hydroxyl groups is 1. The molecule has 4 nitrogen and oxygen atoms in total. The molecule has 0 fully saturated rings. The van der Waals surface area contributed by atoms with E-state index in [0.717, 1.165) is 9.50 Å². The minimum absolute atomic E-state index is 0.159. The van der Waals surface area contributed by atoms with Crippen molar-refractivity contribution in [3.8, 4) is 5.75 Å². The number of esters is 1. The Labute approximate surface area is 104 Å². The molecule has 1 rings (SSSR count). The first kappa shape index (κ1) is 13.1. The molecule has 1 aromatic rings. The van der Waals surface area contributed by atoms with Crippen LogP contribution in [0, 0.1) is 0 Å². The quantitative estimate of drug-likeness (QED) is 0.668. The largest absolute Gasteiger partial charge is 0.508 e. The number of phenols is 1. The highest BCUT2D eigenvalue weighted by Crippen LogP contribution is 2.17. The van der Waals surface area contributed by atoms with Crippen molar-refractivity contribution in [1.82, 2.24) is 3.94 Å². The van der Waals surface area contributed by atoms with Crippen molar-refractivity contribution in [3.05, 3.63) is 29.8 Å². The van der Waals surface area contributed by atoms with Crippen molar-refractivity contribution in [2.75, 3.05) is 7.11 Å². The number of hydrogen-bond donors (Lipinski definition) is 1. The van der Waals surface area contributed by atoms with E-state index in [1.807, 2.05) is 0 Å². The van der Waals surface area contributed by atoms with Crippen molar-refractivity contribution in [1.29, 1.82) is 0 Å². The van der Waals surface area contributed by atoms with Crippen molar-refractivity contribution < 1.29 is 14.6 Å². The minimum atomic E-state index is -0.766. The molecule has 16 heavy (non-hydrogen) atoms. The Bertz CT molecular complexity index is 354. The van der Waals surface area contributed by atoms with Gasteiger partial charge in [0, 0.05) is 6.42 Å². The lowest BCUT2D eigenvalue weighted by atomic mass is 10.1. The van der Waals surface area contributed by atoms with Crippen LogP contribution in [0.25, 0.3) is 0 Å². The van der Waals surface area contributed by atoms with E-state index >= 15 is 0 Å². The summed E-state index contributed by atoms with van der Waals surface area (Å²) in [5.74, 6) is -0.356. The van der Waals surface area contributed by atoms with Gasteiger partial charge < -0.3 is 9.84 Å². The standard InChI is InChI=1S/C10H11Cl2NO3/c1-16-10(15)9(13(11)12)6-7-2-4-8(14)5-3-7/h2-5,9,14H,6H2,1H3/t9-/m0/s1. The number of ether oxygens (including phenoxy) is 1. The molecule has 0 aliphatic carbocycles. The summed E-state index contributed by atoms with van der Waals surface area (Å²) < 4.78 is 5.33. The molecule has 0 heterocycles. The van der Waals surface area contributed by atoms with Gasteiger partial charge in [0.1, 0.15) is 11.8 Å². The van der Waals surface area contributed by atoms with Crippen LogP contribution in [0.5, 0.6) is 5.75 Å². The Kier molecular flexibility index (Phi) is 4.86. The van der Waals surface area contributed by atoms with Gasteiger partial charge in [-0.15, -0.1) is 3.94 Å². The summed E-state index contributed by atoms with van der Waals surface area (Å²) in [5.41, 5.74) is 0.819. The zero-order chi connectivity index (χ0) is 12.1. The van der Waals surface area contributed by atoms with Crippen LogP contribution >= 0.6 is 23.6 Å². The number of hydrogen-bond acceptors (Lipinski definition) is 4. The fourth-order valence-corrected chi connectivity index (χ4v) is 1.52. The maximum atomic E-state index is 11.3. The van der Waals surface area contributed by atoms with Crippen LogP contribution in [0.3, 0.4) is 0 Å². The predicted molar refractivity (Wildman–Crippen MR) is 61.2 cm³/mol.